The topological polar surface area (TPSA) is 76.1 Å². The second-order valence-electron chi connectivity index (χ2n) is 4.29. The predicted molar refractivity (Wildman–Crippen MR) is 73.1 cm³/mol. The minimum absolute atomic E-state index is 0.229. The van der Waals surface area contributed by atoms with Crippen LogP contribution in [0, 0.1) is 6.92 Å². The molecule has 6 nitrogen and oxygen atoms in total. The largest absolute Gasteiger partial charge is 0.497 e. The lowest BCUT2D eigenvalue weighted by Crippen LogP contribution is -2.38. The molecule has 1 amide bonds. The van der Waals surface area contributed by atoms with Crippen LogP contribution in [-0.4, -0.2) is 55.8 Å². The number of carboxylic acid groups (broad SMARTS) is 1. The maximum Gasteiger partial charge on any atom is 0.323 e. The quantitative estimate of drug-likeness (QED) is 0.812. The first-order valence-electron chi connectivity index (χ1n) is 6.14. The van der Waals surface area contributed by atoms with Gasteiger partial charge < -0.3 is 19.5 Å². The van der Waals surface area contributed by atoms with Crippen molar-refractivity contribution in [2.45, 2.75) is 6.92 Å². The number of carbonyl (C=O) groups excluding carboxylic acids is 1. The first-order chi connectivity index (χ1) is 9.49. The number of rotatable bonds is 7. The van der Waals surface area contributed by atoms with Gasteiger partial charge in [0, 0.05) is 19.2 Å². The molecule has 1 rings (SSSR count). The standard InChI is InChI=1S/C14H19NO5/c1-10-8-11(20-3)4-5-12(10)14(18)15(6-7-19-2)9-13(16)17/h4-5,8H,6-7,9H2,1-3H3,(H,16,17). The highest BCUT2D eigenvalue weighted by Crippen LogP contribution is 2.18. The van der Waals surface area contributed by atoms with Crippen LogP contribution in [0.3, 0.4) is 0 Å². The monoisotopic (exact) mass is 281 g/mol. The molecule has 1 aromatic carbocycles. The number of amides is 1. The second-order valence-corrected chi connectivity index (χ2v) is 4.29. The Kier molecular flexibility index (Phi) is 5.99. The number of ether oxygens (including phenoxy) is 2. The van der Waals surface area contributed by atoms with Gasteiger partial charge in [-0.1, -0.05) is 0 Å². The molecule has 1 aromatic rings. The van der Waals surface area contributed by atoms with Gasteiger partial charge in [0.2, 0.25) is 0 Å². The lowest BCUT2D eigenvalue weighted by atomic mass is 10.1. The van der Waals surface area contributed by atoms with Crippen LogP contribution in [0.15, 0.2) is 18.2 Å². The number of nitrogens with zero attached hydrogens (tertiary/aromatic N) is 1. The third-order valence-electron chi connectivity index (χ3n) is 2.84. The van der Waals surface area contributed by atoms with Gasteiger partial charge in [0.15, 0.2) is 0 Å². The van der Waals surface area contributed by atoms with Crippen LogP contribution in [0.2, 0.25) is 0 Å². The van der Waals surface area contributed by atoms with Gasteiger partial charge in [-0.3, -0.25) is 9.59 Å². The molecule has 0 bridgehead atoms. The zero-order chi connectivity index (χ0) is 15.1. The number of aryl methyl sites for hydroxylation is 1. The fourth-order valence-corrected chi connectivity index (χ4v) is 1.79. The van der Waals surface area contributed by atoms with Gasteiger partial charge >= 0.3 is 5.97 Å². The van der Waals surface area contributed by atoms with E-state index in [0.717, 1.165) is 5.56 Å². The molecule has 0 atom stereocenters. The van der Waals surface area contributed by atoms with Crippen LogP contribution in [0.1, 0.15) is 15.9 Å². The Morgan fingerprint density at radius 1 is 1.30 bits per heavy atom. The molecule has 0 spiro atoms. The molecule has 6 heteroatoms. The van der Waals surface area contributed by atoms with Gasteiger partial charge in [-0.2, -0.15) is 0 Å². The molecule has 0 saturated heterocycles. The minimum Gasteiger partial charge on any atom is -0.497 e. The Hall–Kier alpha value is -2.08. The average Bonchev–Trinajstić information content (AvgIpc) is 2.42. The zero-order valence-electron chi connectivity index (χ0n) is 11.9. The molecule has 1 N–H and O–H groups in total. The molecule has 0 unspecified atom stereocenters. The van der Waals surface area contributed by atoms with E-state index in [1.54, 1.807) is 32.2 Å². The van der Waals surface area contributed by atoms with Gasteiger partial charge in [-0.25, -0.2) is 0 Å². The second kappa shape index (κ2) is 7.49. The lowest BCUT2D eigenvalue weighted by molar-refractivity contribution is -0.137. The maximum absolute atomic E-state index is 12.4. The van der Waals surface area contributed by atoms with Gasteiger partial charge in [-0.15, -0.1) is 0 Å². The summed E-state index contributed by atoms with van der Waals surface area (Å²) in [5.74, 6) is -0.731. The van der Waals surface area contributed by atoms with Crippen LogP contribution in [0.5, 0.6) is 5.75 Å². The van der Waals surface area contributed by atoms with Gasteiger partial charge in [0.25, 0.3) is 5.91 Å². The molecular formula is C14H19NO5. The first kappa shape index (κ1) is 16.0. The van der Waals surface area contributed by atoms with E-state index in [1.807, 2.05) is 0 Å². The summed E-state index contributed by atoms with van der Waals surface area (Å²) in [4.78, 5) is 24.5. The fraction of sp³-hybridized carbons (Fsp3) is 0.429. The molecule has 0 aliphatic rings. The van der Waals surface area contributed by atoms with Gasteiger partial charge in [0.05, 0.1) is 13.7 Å². The van der Waals surface area contributed by atoms with Crippen molar-refractivity contribution >= 4 is 11.9 Å². The summed E-state index contributed by atoms with van der Waals surface area (Å²) in [6.45, 7) is 1.94. The van der Waals surface area contributed by atoms with E-state index in [1.165, 1.54) is 12.0 Å². The molecule has 110 valence electrons. The fourth-order valence-electron chi connectivity index (χ4n) is 1.79. The molecule has 0 saturated carbocycles. The lowest BCUT2D eigenvalue weighted by Gasteiger charge is -2.21. The first-order valence-corrected chi connectivity index (χ1v) is 6.14. The maximum atomic E-state index is 12.4. The average molecular weight is 281 g/mol. The molecule has 0 aromatic heterocycles. The molecular weight excluding hydrogens is 262 g/mol. The third kappa shape index (κ3) is 4.24. The van der Waals surface area contributed by atoms with Crippen molar-refractivity contribution in [1.82, 2.24) is 4.90 Å². The summed E-state index contributed by atoms with van der Waals surface area (Å²) in [6, 6.07) is 5.05. The normalized spacial score (nSPS) is 10.2. The number of methoxy groups -OCH3 is 2. The van der Waals surface area contributed by atoms with E-state index in [0.29, 0.717) is 11.3 Å². The van der Waals surface area contributed by atoms with Crippen molar-refractivity contribution in [1.29, 1.82) is 0 Å². The van der Waals surface area contributed by atoms with Crippen molar-refractivity contribution < 1.29 is 24.2 Å². The number of aliphatic carboxylic acids is 1. The van der Waals surface area contributed by atoms with E-state index in [4.69, 9.17) is 14.6 Å². The van der Waals surface area contributed by atoms with Crippen molar-refractivity contribution in [3.8, 4) is 5.75 Å². The van der Waals surface area contributed by atoms with Crippen LogP contribution in [0.25, 0.3) is 0 Å². The van der Waals surface area contributed by atoms with Gasteiger partial charge in [0.1, 0.15) is 12.3 Å². The van der Waals surface area contributed by atoms with E-state index in [-0.39, 0.29) is 25.6 Å². The summed E-state index contributed by atoms with van der Waals surface area (Å²) in [5.41, 5.74) is 1.20. The Morgan fingerprint density at radius 2 is 2.00 bits per heavy atom. The van der Waals surface area contributed by atoms with Crippen molar-refractivity contribution in [2.75, 3.05) is 33.9 Å². The Balaban J connectivity index is 2.95. The van der Waals surface area contributed by atoms with E-state index in [2.05, 4.69) is 0 Å². The molecule has 0 radical (unpaired) electrons. The summed E-state index contributed by atoms with van der Waals surface area (Å²) in [7, 11) is 3.05. The van der Waals surface area contributed by atoms with E-state index >= 15 is 0 Å². The summed E-state index contributed by atoms with van der Waals surface area (Å²) in [6.07, 6.45) is 0. The molecule has 0 fully saturated rings. The number of hydrogen-bond donors (Lipinski definition) is 1. The third-order valence-corrected chi connectivity index (χ3v) is 2.84. The Morgan fingerprint density at radius 3 is 2.50 bits per heavy atom. The highest BCUT2D eigenvalue weighted by atomic mass is 16.5. The number of hydrogen-bond acceptors (Lipinski definition) is 4. The van der Waals surface area contributed by atoms with Crippen molar-refractivity contribution in [3.63, 3.8) is 0 Å². The summed E-state index contributed by atoms with van der Waals surface area (Å²) in [5, 5.41) is 8.88. The van der Waals surface area contributed by atoms with Crippen LogP contribution >= 0.6 is 0 Å². The Labute approximate surface area is 117 Å². The van der Waals surface area contributed by atoms with E-state index < -0.39 is 5.97 Å². The van der Waals surface area contributed by atoms with Crippen molar-refractivity contribution in [3.05, 3.63) is 29.3 Å². The zero-order valence-corrected chi connectivity index (χ0v) is 11.9. The summed E-state index contributed by atoms with van der Waals surface area (Å²) >= 11 is 0. The minimum atomic E-state index is -1.05. The highest BCUT2D eigenvalue weighted by Gasteiger charge is 2.20. The predicted octanol–water partition coefficient (Wildman–Crippen LogP) is 1.18. The van der Waals surface area contributed by atoms with E-state index in [9.17, 15) is 9.59 Å². The SMILES string of the molecule is COCCN(CC(=O)O)C(=O)c1ccc(OC)cc1C. The van der Waals surface area contributed by atoms with Crippen LogP contribution in [0.4, 0.5) is 0 Å². The van der Waals surface area contributed by atoms with Crippen molar-refractivity contribution in [2.24, 2.45) is 0 Å². The number of carboxylic acids is 1. The Bertz CT molecular complexity index is 486. The highest BCUT2D eigenvalue weighted by molar-refractivity contribution is 5.97. The summed E-state index contributed by atoms with van der Waals surface area (Å²) < 4.78 is 9.98. The number of benzene rings is 1. The molecule has 0 heterocycles. The van der Waals surface area contributed by atoms with Gasteiger partial charge in [-0.05, 0) is 30.7 Å². The smallest absolute Gasteiger partial charge is 0.323 e. The number of carbonyl (C=O) groups is 2. The molecule has 0 aliphatic carbocycles. The van der Waals surface area contributed by atoms with Crippen LogP contribution in [-0.2, 0) is 9.53 Å². The molecule has 20 heavy (non-hydrogen) atoms. The van der Waals surface area contributed by atoms with Crippen LogP contribution < -0.4 is 4.74 Å². The molecule has 0 aliphatic heterocycles.